The van der Waals surface area contributed by atoms with Crippen molar-refractivity contribution in [2.24, 2.45) is 0 Å². The molecule has 2 aliphatic heterocycles. The third kappa shape index (κ3) is 3.53. The number of amides is 2. The summed E-state index contributed by atoms with van der Waals surface area (Å²) < 4.78 is 28.3. The van der Waals surface area contributed by atoms with Crippen LogP contribution in [0.3, 0.4) is 0 Å². The Hall–Kier alpha value is -2.71. The van der Waals surface area contributed by atoms with Crippen molar-refractivity contribution in [2.75, 3.05) is 6.54 Å². The quantitative estimate of drug-likeness (QED) is 0.791. The predicted octanol–water partition coefficient (Wildman–Crippen LogP) is 2.20. The van der Waals surface area contributed by atoms with Crippen LogP contribution in [0.4, 0.5) is 0 Å². The SMILES string of the molecule is O=C(NCc1ccccc1)C1c2ccccc2S(=O)(=O)N2CCCC2C(=O)N1C1CC1. The lowest BCUT2D eigenvalue weighted by molar-refractivity contribution is -0.144. The van der Waals surface area contributed by atoms with Crippen molar-refractivity contribution in [3.63, 3.8) is 0 Å². The number of hydrogen-bond donors (Lipinski definition) is 1. The second-order valence-electron chi connectivity index (χ2n) is 8.39. The molecule has 0 aromatic heterocycles. The summed E-state index contributed by atoms with van der Waals surface area (Å²) in [6, 6.07) is 14.4. The lowest BCUT2D eigenvalue weighted by atomic mass is 10.0. The summed E-state index contributed by atoms with van der Waals surface area (Å²) >= 11 is 0. The van der Waals surface area contributed by atoms with Gasteiger partial charge in [-0.05, 0) is 37.3 Å². The predicted molar refractivity (Wildman–Crippen MR) is 114 cm³/mol. The largest absolute Gasteiger partial charge is 0.350 e. The Morgan fingerprint density at radius 3 is 2.45 bits per heavy atom. The molecule has 0 bridgehead atoms. The van der Waals surface area contributed by atoms with Gasteiger partial charge in [-0.2, -0.15) is 4.31 Å². The molecular weight excluding hydrogens is 414 g/mol. The zero-order chi connectivity index (χ0) is 21.6. The molecule has 162 valence electrons. The number of rotatable bonds is 4. The van der Waals surface area contributed by atoms with Gasteiger partial charge in [0, 0.05) is 24.7 Å². The normalized spacial score (nSPS) is 25.3. The van der Waals surface area contributed by atoms with Crippen LogP contribution in [-0.4, -0.2) is 48.1 Å². The van der Waals surface area contributed by atoms with E-state index in [0.717, 1.165) is 18.4 Å². The lowest BCUT2D eigenvalue weighted by Gasteiger charge is -2.38. The fourth-order valence-corrected chi connectivity index (χ4v) is 6.56. The summed E-state index contributed by atoms with van der Waals surface area (Å²) in [5.74, 6) is -0.601. The third-order valence-electron chi connectivity index (χ3n) is 6.32. The summed E-state index contributed by atoms with van der Waals surface area (Å²) in [5.41, 5.74) is 1.31. The Labute approximate surface area is 182 Å². The first-order valence-electron chi connectivity index (χ1n) is 10.7. The molecule has 2 fully saturated rings. The molecule has 2 amide bonds. The molecule has 1 N–H and O–H groups in total. The molecule has 3 aliphatic rings. The lowest BCUT2D eigenvalue weighted by Crippen LogP contribution is -2.54. The van der Waals surface area contributed by atoms with Crippen molar-refractivity contribution in [2.45, 2.75) is 55.2 Å². The van der Waals surface area contributed by atoms with E-state index in [0.29, 0.717) is 31.5 Å². The smallest absolute Gasteiger partial charge is 0.247 e. The second-order valence-corrected chi connectivity index (χ2v) is 10.3. The number of hydrogen-bond acceptors (Lipinski definition) is 4. The molecular formula is C23H25N3O4S. The van der Waals surface area contributed by atoms with Crippen molar-refractivity contribution in [1.29, 1.82) is 0 Å². The van der Waals surface area contributed by atoms with E-state index in [-0.39, 0.29) is 22.8 Å². The highest BCUT2D eigenvalue weighted by Gasteiger charge is 2.51. The minimum atomic E-state index is -3.87. The molecule has 0 spiro atoms. The van der Waals surface area contributed by atoms with Crippen LogP contribution in [-0.2, 0) is 26.2 Å². The van der Waals surface area contributed by atoms with Crippen LogP contribution >= 0.6 is 0 Å². The highest BCUT2D eigenvalue weighted by Crippen LogP contribution is 2.42. The molecule has 31 heavy (non-hydrogen) atoms. The summed E-state index contributed by atoms with van der Waals surface area (Å²) in [4.78, 5) is 28.9. The summed E-state index contributed by atoms with van der Waals surface area (Å²) in [6.45, 7) is 0.643. The first kappa shape index (κ1) is 20.2. The van der Waals surface area contributed by atoms with E-state index in [9.17, 15) is 18.0 Å². The van der Waals surface area contributed by atoms with Crippen LogP contribution < -0.4 is 5.32 Å². The van der Waals surface area contributed by atoms with Crippen LogP contribution in [0.15, 0.2) is 59.5 Å². The summed E-state index contributed by atoms with van der Waals surface area (Å²) in [7, 11) is -3.87. The van der Waals surface area contributed by atoms with E-state index in [1.165, 1.54) is 4.31 Å². The molecule has 2 heterocycles. The van der Waals surface area contributed by atoms with Crippen molar-refractivity contribution >= 4 is 21.8 Å². The number of sulfonamides is 1. The van der Waals surface area contributed by atoms with E-state index in [1.54, 1.807) is 29.2 Å². The van der Waals surface area contributed by atoms with Gasteiger partial charge < -0.3 is 10.2 Å². The molecule has 7 nitrogen and oxygen atoms in total. The highest BCUT2D eigenvalue weighted by molar-refractivity contribution is 7.89. The maximum absolute atomic E-state index is 13.6. The van der Waals surface area contributed by atoms with Crippen molar-refractivity contribution in [3.05, 3.63) is 65.7 Å². The molecule has 5 rings (SSSR count). The van der Waals surface area contributed by atoms with Gasteiger partial charge in [0.25, 0.3) is 0 Å². The van der Waals surface area contributed by atoms with E-state index in [4.69, 9.17) is 0 Å². The van der Waals surface area contributed by atoms with Gasteiger partial charge in [-0.3, -0.25) is 9.59 Å². The molecule has 1 saturated heterocycles. The van der Waals surface area contributed by atoms with Gasteiger partial charge in [0.2, 0.25) is 21.8 Å². The Morgan fingerprint density at radius 2 is 1.71 bits per heavy atom. The minimum absolute atomic E-state index is 0.0312. The number of fused-ring (bicyclic) bond motifs is 2. The Bertz CT molecular complexity index is 1110. The Morgan fingerprint density at radius 1 is 1.00 bits per heavy atom. The summed E-state index contributed by atoms with van der Waals surface area (Å²) in [5, 5.41) is 2.94. The fourth-order valence-electron chi connectivity index (χ4n) is 4.68. The maximum atomic E-state index is 13.6. The number of carbonyl (C=O) groups is 2. The van der Waals surface area contributed by atoms with E-state index in [1.807, 2.05) is 30.3 Å². The molecule has 2 unspecified atom stereocenters. The zero-order valence-electron chi connectivity index (χ0n) is 17.1. The first-order chi connectivity index (χ1) is 15.0. The van der Waals surface area contributed by atoms with Crippen LogP contribution in [0.2, 0.25) is 0 Å². The molecule has 2 aromatic carbocycles. The monoisotopic (exact) mass is 439 g/mol. The van der Waals surface area contributed by atoms with Gasteiger partial charge >= 0.3 is 0 Å². The summed E-state index contributed by atoms with van der Waals surface area (Å²) in [6.07, 6.45) is 2.79. The zero-order valence-corrected chi connectivity index (χ0v) is 17.9. The van der Waals surface area contributed by atoms with Gasteiger partial charge in [0.05, 0.1) is 4.90 Å². The molecule has 1 saturated carbocycles. The molecule has 2 aromatic rings. The third-order valence-corrected chi connectivity index (χ3v) is 8.30. The van der Waals surface area contributed by atoms with E-state index in [2.05, 4.69) is 5.32 Å². The van der Waals surface area contributed by atoms with E-state index >= 15 is 0 Å². The molecule has 8 heteroatoms. The minimum Gasteiger partial charge on any atom is -0.350 e. The van der Waals surface area contributed by atoms with Crippen molar-refractivity contribution in [1.82, 2.24) is 14.5 Å². The van der Waals surface area contributed by atoms with Crippen LogP contribution in [0, 0.1) is 0 Å². The van der Waals surface area contributed by atoms with Crippen LogP contribution in [0.5, 0.6) is 0 Å². The van der Waals surface area contributed by atoms with Gasteiger partial charge in [0.15, 0.2) is 0 Å². The van der Waals surface area contributed by atoms with Gasteiger partial charge in [0.1, 0.15) is 12.1 Å². The fraction of sp³-hybridized carbons (Fsp3) is 0.391. The average molecular weight is 440 g/mol. The Kier molecular flexibility index (Phi) is 5.06. The van der Waals surface area contributed by atoms with Gasteiger partial charge in [-0.25, -0.2) is 8.42 Å². The first-order valence-corrected chi connectivity index (χ1v) is 12.2. The molecule has 2 atom stereocenters. The maximum Gasteiger partial charge on any atom is 0.247 e. The van der Waals surface area contributed by atoms with Gasteiger partial charge in [-0.15, -0.1) is 0 Å². The average Bonchev–Trinajstić information content (AvgIpc) is 3.49. The topological polar surface area (TPSA) is 86.8 Å². The number of nitrogens with one attached hydrogen (secondary N) is 1. The number of nitrogens with zero attached hydrogens (tertiary/aromatic N) is 2. The van der Waals surface area contributed by atoms with Crippen LogP contribution in [0.25, 0.3) is 0 Å². The highest BCUT2D eigenvalue weighted by atomic mass is 32.2. The van der Waals surface area contributed by atoms with Crippen LogP contribution in [0.1, 0.15) is 42.9 Å². The second kappa shape index (κ2) is 7.76. The molecule has 1 aliphatic carbocycles. The van der Waals surface area contributed by atoms with Gasteiger partial charge in [-0.1, -0.05) is 48.5 Å². The number of carbonyl (C=O) groups excluding carboxylic acids is 2. The standard InChI is InChI=1S/C23H25N3O4S/c27-22(24-15-16-7-2-1-3-8-16)21-18-9-4-5-11-20(18)31(29,30)25-14-6-10-19(25)23(28)26(21)17-12-13-17/h1-5,7-9,11,17,19,21H,6,10,12-15H2,(H,24,27). The molecule has 0 radical (unpaired) electrons. The number of benzene rings is 2. The van der Waals surface area contributed by atoms with Crippen molar-refractivity contribution < 1.29 is 18.0 Å². The Balaban J connectivity index is 1.59. The van der Waals surface area contributed by atoms with Crippen molar-refractivity contribution in [3.8, 4) is 0 Å². The van der Waals surface area contributed by atoms with E-state index < -0.39 is 22.1 Å².